The van der Waals surface area contributed by atoms with Gasteiger partial charge >= 0.3 is 0 Å². The van der Waals surface area contributed by atoms with Crippen LogP contribution < -0.4 is 0 Å². The van der Waals surface area contributed by atoms with Crippen LogP contribution in [-0.2, 0) is 12.8 Å². The lowest BCUT2D eigenvalue weighted by Crippen LogP contribution is -1.82. The third-order valence-corrected chi connectivity index (χ3v) is 17.3. The Balaban J connectivity index is 1.02. The molecule has 0 aliphatic heterocycles. The Morgan fingerprint density at radius 1 is 0.349 bits per heavy atom. The minimum Gasteiger partial charge on any atom is -0.139 e. The number of aryl methyl sites for hydroxylation is 2. The fraction of sp³-hybridized carbons (Fsp3) is 0.444. The van der Waals surface area contributed by atoms with Gasteiger partial charge in [0.15, 0.2) is 0 Å². The second-order valence-corrected chi connectivity index (χ2v) is 19.5. The third-order valence-electron chi connectivity index (χ3n) is 8.38. The summed E-state index contributed by atoms with van der Waals surface area (Å²) in [5, 5.41) is 0. The minimum atomic E-state index is 1.25. The van der Waals surface area contributed by atoms with E-state index in [-0.39, 0.29) is 0 Å². The number of fused-ring (bicyclic) bond motifs is 5. The van der Waals surface area contributed by atoms with Crippen molar-refractivity contribution in [2.75, 3.05) is 0 Å². The molecule has 43 heavy (non-hydrogen) atoms. The molecule has 7 rings (SSSR count). The second kappa shape index (κ2) is 14.1. The summed E-state index contributed by atoms with van der Waals surface area (Å²) >= 11 is 14.0. The Morgan fingerprint density at radius 2 is 0.721 bits per heavy atom. The van der Waals surface area contributed by atoms with Crippen molar-refractivity contribution in [1.82, 2.24) is 0 Å². The molecule has 0 unspecified atom stereocenters. The summed E-state index contributed by atoms with van der Waals surface area (Å²) in [5.41, 5.74) is 0. The average molecular weight is 697 g/mol. The summed E-state index contributed by atoms with van der Waals surface area (Å²) in [4.78, 5) is 8.93. The predicted octanol–water partition coefficient (Wildman–Crippen LogP) is 15.9. The Bertz CT molecular complexity index is 1720. The van der Waals surface area contributed by atoms with Crippen molar-refractivity contribution in [3.05, 3.63) is 46.2 Å². The van der Waals surface area contributed by atoms with Gasteiger partial charge in [-0.2, -0.15) is 0 Å². The number of rotatable bonds is 16. The standard InChI is InChI=1S/C36H40S7/c1-3-5-7-9-11-13-15-23-17-25-27(37-23)19-29(39-25)31-21-33-35(42-31)36-34(41-33)22-32(43-36)30-20-28-26(40-30)18-24(38-28)16-14-12-10-8-6-4-2/h17-22H,3-16H2,1-2H3. The zero-order chi connectivity index (χ0) is 29.2. The number of thiophene rings is 7. The van der Waals surface area contributed by atoms with Gasteiger partial charge in [-0.1, -0.05) is 78.1 Å². The maximum absolute atomic E-state index is 2.48. The molecule has 0 fully saturated rings. The molecule has 0 nitrogen and oxygen atoms in total. The molecular weight excluding hydrogens is 657 g/mol. The van der Waals surface area contributed by atoms with E-state index in [0.29, 0.717) is 0 Å². The molecule has 7 aromatic heterocycles. The van der Waals surface area contributed by atoms with Gasteiger partial charge in [-0.15, -0.1) is 79.4 Å². The van der Waals surface area contributed by atoms with E-state index in [0.717, 1.165) is 0 Å². The van der Waals surface area contributed by atoms with E-state index in [9.17, 15) is 0 Å². The van der Waals surface area contributed by atoms with Crippen molar-refractivity contribution in [1.29, 1.82) is 0 Å². The van der Waals surface area contributed by atoms with Gasteiger partial charge in [0.25, 0.3) is 0 Å². The number of hydrogen-bond donors (Lipinski definition) is 0. The van der Waals surface area contributed by atoms with Crippen molar-refractivity contribution >= 4 is 117 Å². The molecule has 0 N–H and O–H groups in total. The zero-order valence-electron chi connectivity index (χ0n) is 25.2. The van der Waals surface area contributed by atoms with Gasteiger partial charge in [0.1, 0.15) is 0 Å². The van der Waals surface area contributed by atoms with Crippen LogP contribution in [0.4, 0.5) is 0 Å². The van der Waals surface area contributed by atoms with Gasteiger partial charge in [0.2, 0.25) is 0 Å². The highest BCUT2D eigenvalue weighted by Gasteiger charge is 2.18. The Labute approximate surface area is 284 Å². The van der Waals surface area contributed by atoms with E-state index < -0.39 is 0 Å². The van der Waals surface area contributed by atoms with Gasteiger partial charge in [-0.3, -0.25) is 0 Å². The smallest absolute Gasteiger partial charge is 0.0636 e. The molecule has 0 aliphatic carbocycles. The van der Waals surface area contributed by atoms with Gasteiger partial charge in [0.05, 0.1) is 9.40 Å². The van der Waals surface area contributed by atoms with Crippen molar-refractivity contribution in [3.8, 4) is 19.5 Å². The van der Waals surface area contributed by atoms with Gasteiger partial charge in [-0.25, -0.2) is 0 Å². The third kappa shape index (κ3) is 6.89. The van der Waals surface area contributed by atoms with Crippen LogP contribution >= 0.6 is 79.4 Å². The van der Waals surface area contributed by atoms with Crippen LogP contribution in [0.3, 0.4) is 0 Å². The van der Waals surface area contributed by atoms with Crippen LogP contribution in [0.1, 0.15) is 101 Å². The number of hydrogen-bond acceptors (Lipinski definition) is 7. The van der Waals surface area contributed by atoms with Crippen molar-refractivity contribution in [2.24, 2.45) is 0 Å². The van der Waals surface area contributed by atoms with E-state index >= 15 is 0 Å². The first kappa shape index (κ1) is 30.6. The molecule has 0 radical (unpaired) electrons. The van der Waals surface area contributed by atoms with Crippen molar-refractivity contribution in [3.63, 3.8) is 0 Å². The summed E-state index contributed by atoms with van der Waals surface area (Å²) in [6, 6.07) is 14.8. The largest absolute Gasteiger partial charge is 0.139 e. The summed E-state index contributed by atoms with van der Waals surface area (Å²) in [5.74, 6) is 0. The maximum atomic E-state index is 2.48. The van der Waals surface area contributed by atoms with E-state index in [1.807, 2.05) is 79.4 Å². The molecule has 0 saturated carbocycles. The summed E-state index contributed by atoms with van der Waals surface area (Å²) in [6.07, 6.45) is 19.0. The molecule has 0 aliphatic rings. The molecule has 0 aromatic carbocycles. The fourth-order valence-corrected chi connectivity index (χ4v) is 15.1. The lowest BCUT2D eigenvalue weighted by atomic mass is 10.1. The van der Waals surface area contributed by atoms with Crippen LogP contribution in [0.15, 0.2) is 36.4 Å². The number of unbranched alkanes of at least 4 members (excludes halogenated alkanes) is 10. The first-order chi connectivity index (χ1) is 21.2. The van der Waals surface area contributed by atoms with Crippen LogP contribution in [0.25, 0.3) is 57.1 Å². The normalized spacial score (nSPS) is 12.3. The SMILES string of the molecule is CCCCCCCCc1cc2sc(-c3cc4sc5cc(-c6cc7sc(CCCCCCCC)cc7s6)sc5c4s3)cc2s1. The van der Waals surface area contributed by atoms with Gasteiger partial charge in [-0.05, 0) is 62.1 Å². The molecule has 0 spiro atoms. The van der Waals surface area contributed by atoms with Crippen LogP contribution in [0.5, 0.6) is 0 Å². The zero-order valence-corrected chi connectivity index (χ0v) is 30.9. The summed E-state index contributed by atoms with van der Waals surface area (Å²) in [6.45, 7) is 4.59. The van der Waals surface area contributed by atoms with E-state index in [1.54, 1.807) is 9.75 Å². The molecule has 7 aromatic rings. The monoisotopic (exact) mass is 696 g/mol. The van der Waals surface area contributed by atoms with Crippen LogP contribution in [-0.4, -0.2) is 0 Å². The minimum absolute atomic E-state index is 1.25. The summed E-state index contributed by atoms with van der Waals surface area (Å²) in [7, 11) is 0. The molecular formula is C36H40S7. The highest BCUT2D eigenvalue weighted by atomic mass is 32.1. The van der Waals surface area contributed by atoms with E-state index in [2.05, 4.69) is 50.2 Å². The van der Waals surface area contributed by atoms with Crippen molar-refractivity contribution < 1.29 is 0 Å². The lowest BCUT2D eigenvalue weighted by molar-refractivity contribution is 0.609. The highest BCUT2D eigenvalue weighted by molar-refractivity contribution is 7.41. The average Bonchev–Trinajstić information content (AvgIpc) is 3.81. The molecule has 0 bridgehead atoms. The first-order valence-corrected chi connectivity index (χ1v) is 21.9. The molecule has 7 heteroatoms. The molecule has 0 amide bonds. The topological polar surface area (TPSA) is 0 Å². The maximum Gasteiger partial charge on any atom is 0.0636 e. The quantitative estimate of drug-likeness (QED) is 0.0882. The Kier molecular flexibility index (Phi) is 10.1. The van der Waals surface area contributed by atoms with Gasteiger partial charge in [0, 0.05) is 57.5 Å². The molecule has 226 valence electrons. The van der Waals surface area contributed by atoms with Crippen molar-refractivity contribution in [2.45, 2.75) is 104 Å². The van der Waals surface area contributed by atoms with E-state index in [1.165, 1.54) is 147 Å². The van der Waals surface area contributed by atoms with Crippen LogP contribution in [0.2, 0.25) is 0 Å². The molecule has 7 heterocycles. The molecule has 0 saturated heterocycles. The predicted molar refractivity (Wildman–Crippen MR) is 207 cm³/mol. The fourth-order valence-electron chi connectivity index (χ4n) is 6.00. The van der Waals surface area contributed by atoms with Crippen LogP contribution in [0, 0.1) is 0 Å². The Morgan fingerprint density at radius 3 is 1.16 bits per heavy atom. The lowest BCUT2D eigenvalue weighted by Gasteiger charge is -1.99. The van der Waals surface area contributed by atoms with E-state index in [4.69, 9.17) is 0 Å². The Hall–Kier alpha value is -1.06. The summed E-state index contributed by atoms with van der Waals surface area (Å²) < 4.78 is 11.8. The van der Waals surface area contributed by atoms with Gasteiger partial charge < -0.3 is 0 Å². The molecule has 0 atom stereocenters. The second-order valence-electron chi connectivity index (χ2n) is 11.8. The highest BCUT2D eigenvalue weighted by Crippen LogP contribution is 2.51. The first-order valence-electron chi connectivity index (χ1n) is 16.2.